The van der Waals surface area contributed by atoms with E-state index in [-0.39, 0.29) is 12.2 Å². The first-order valence-corrected chi connectivity index (χ1v) is 10.3. The molecule has 0 radical (unpaired) electrons. The maximum absolute atomic E-state index is 12.9. The van der Waals surface area contributed by atoms with Gasteiger partial charge in [-0.1, -0.05) is 35.9 Å². The Labute approximate surface area is 177 Å². The van der Waals surface area contributed by atoms with Crippen molar-refractivity contribution < 1.29 is 9.53 Å². The molecule has 4 rings (SSSR count). The first-order chi connectivity index (χ1) is 14.0. The predicted octanol–water partition coefficient (Wildman–Crippen LogP) is 5.94. The zero-order chi connectivity index (χ0) is 20.5. The summed E-state index contributed by atoms with van der Waals surface area (Å²) in [7, 11) is 1.63. The quantitative estimate of drug-likeness (QED) is 0.404. The van der Waals surface area contributed by atoms with E-state index in [0.29, 0.717) is 15.6 Å². The van der Waals surface area contributed by atoms with Crippen molar-refractivity contribution >= 4 is 44.6 Å². The molecule has 0 bridgehead atoms. The van der Waals surface area contributed by atoms with Crippen LogP contribution in [0.3, 0.4) is 0 Å². The van der Waals surface area contributed by atoms with Crippen molar-refractivity contribution in [2.24, 2.45) is 0 Å². The van der Waals surface area contributed by atoms with Crippen LogP contribution in [-0.4, -0.2) is 17.9 Å². The molecule has 0 spiro atoms. The van der Waals surface area contributed by atoms with E-state index >= 15 is 0 Å². The zero-order valence-corrected chi connectivity index (χ0v) is 17.6. The van der Waals surface area contributed by atoms with Gasteiger partial charge in [-0.2, -0.15) is 0 Å². The second-order valence-corrected chi connectivity index (χ2v) is 8.16. The lowest BCUT2D eigenvalue weighted by atomic mass is 10.0. The van der Waals surface area contributed by atoms with Gasteiger partial charge in [0.05, 0.1) is 23.4 Å². The summed E-state index contributed by atoms with van der Waals surface area (Å²) in [4.78, 5) is 19.0. The third kappa shape index (κ3) is 3.71. The van der Waals surface area contributed by atoms with Gasteiger partial charge in [-0.05, 0) is 48.4 Å². The third-order valence-electron chi connectivity index (χ3n) is 4.94. The van der Waals surface area contributed by atoms with Gasteiger partial charge >= 0.3 is 0 Å². The monoisotopic (exact) mass is 422 g/mol. The van der Waals surface area contributed by atoms with E-state index in [1.807, 2.05) is 61.5 Å². The smallest absolute Gasteiger partial charge is 0.179 e. The molecule has 0 aliphatic heterocycles. The number of anilines is 1. The molecule has 2 aromatic carbocycles. The number of halogens is 1. The summed E-state index contributed by atoms with van der Waals surface area (Å²) >= 11 is 7.51. The Morgan fingerprint density at radius 3 is 2.76 bits per heavy atom. The normalized spacial score (nSPS) is 11.0. The lowest BCUT2D eigenvalue weighted by Crippen LogP contribution is -2.05. The number of hydrogen-bond donors (Lipinski definition) is 1. The Morgan fingerprint density at radius 2 is 1.97 bits per heavy atom. The van der Waals surface area contributed by atoms with Crippen LogP contribution in [-0.2, 0) is 6.42 Å². The van der Waals surface area contributed by atoms with Crippen molar-refractivity contribution in [3.8, 4) is 17.0 Å². The van der Waals surface area contributed by atoms with E-state index in [4.69, 9.17) is 27.1 Å². The highest BCUT2D eigenvalue weighted by Gasteiger charge is 2.19. The average molecular weight is 423 g/mol. The van der Waals surface area contributed by atoms with Crippen LogP contribution in [0.1, 0.15) is 20.8 Å². The number of aromatic nitrogens is 1. The summed E-state index contributed by atoms with van der Waals surface area (Å²) in [6.45, 7) is 1.92. The molecule has 0 atom stereocenters. The first-order valence-electron chi connectivity index (χ1n) is 9.08. The van der Waals surface area contributed by atoms with Crippen LogP contribution in [0.5, 0.6) is 5.75 Å². The number of pyridine rings is 1. The molecule has 0 saturated heterocycles. The highest BCUT2D eigenvalue weighted by Crippen LogP contribution is 2.35. The van der Waals surface area contributed by atoms with Gasteiger partial charge in [-0.3, -0.25) is 4.79 Å². The number of nitrogen functional groups attached to an aromatic ring is 1. The number of Topliss-reactive ketones (excluding diaryl/α,β-unsaturated/α-hetero) is 1. The Morgan fingerprint density at radius 1 is 1.17 bits per heavy atom. The summed E-state index contributed by atoms with van der Waals surface area (Å²) < 4.78 is 5.29. The molecule has 146 valence electrons. The number of carbonyl (C=O) groups excluding carboxylic acids is 1. The second-order valence-electron chi connectivity index (χ2n) is 6.75. The fourth-order valence-corrected chi connectivity index (χ4v) is 4.47. The molecule has 29 heavy (non-hydrogen) atoms. The number of benzene rings is 2. The number of ether oxygens (including phenoxy) is 1. The van der Waals surface area contributed by atoms with Gasteiger partial charge in [-0.15, -0.1) is 11.3 Å². The minimum absolute atomic E-state index is 0.0289. The van der Waals surface area contributed by atoms with Crippen molar-refractivity contribution in [1.29, 1.82) is 0 Å². The van der Waals surface area contributed by atoms with Gasteiger partial charge < -0.3 is 10.5 Å². The van der Waals surface area contributed by atoms with E-state index in [1.54, 1.807) is 7.11 Å². The van der Waals surface area contributed by atoms with Crippen LogP contribution in [0, 0.1) is 6.92 Å². The number of nitrogens with zero attached hydrogens (tertiary/aromatic N) is 1. The van der Waals surface area contributed by atoms with E-state index in [2.05, 4.69) is 0 Å². The maximum Gasteiger partial charge on any atom is 0.179 e. The van der Waals surface area contributed by atoms with Gasteiger partial charge in [0.25, 0.3) is 0 Å². The van der Waals surface area contributed by atoms with Crippen LogP contribution in [0.15, 0.2) is 54.6 Å². The summed E-state index contributed by atoms with van der Waals surface area (Å²) in [5.41, 5.74) is 10.4. The fraction of sp³-hybridized carbons (Fsp3) is 0.130. The van der Waals surface area contributed by atoms with Gasteiger partial charge in [0, 0.05) is 22.4 Å². The lowest BCUT2D eigenvalue weighted by Gasteiger charge is -2.06. The molecule has 0 aliphatic carbocycles. The van der Waals surface area contributed by atoms with Crippen LogP contribution < -0.4 is 10.5 Å². The molecule has 0 aliphatic rings. The molecule has 4 nitrogen and oxygen atoms in total. The molecule has 0 amide bonds. The lowest BCUT2D eigenvalue weighted by molar-refractivity contribution is 0.0997. The number of hydrogen-bond acceptors (Lipinski definition) is 5. The average Bonchev–Trinajstić information content (AvgIpc) is 3.07. The van der Waals surface area contributed by atoms with Crippen LogP contribution in [0.4, 0.5) is 5.69 Å². The van der Waals surface area contributed by atoms with Gasteiger partial charge in [0.15, 0.2) is 5.78 Å². The molecular formula is C23H19ClN2O2S. The van der Waals surface area contributed by atoms with Crippen molar-refractivity contribution in [2.75, 3.05) is 12.8 Å². The van der Waals surface area contributed by atoms with Crippen molar-refractivity contribution in [1.82, 2.24) is 4.98 Å². The number of fused-ring (bicyclic) bond motifs is 1. The van der Waals surface area contributed by atoms with E-state index < -0.39 is 0 Å². The molecule has 2 aromatic heterocycles. The van der Waals surface area contributed by atoms with Crippen molar-refractivity contribution in [3.05, 3.63) is 75.6 Å². The minimum atomic E-state index is -0.0289. The summed E-state index contributed by atoms with van der Waals surface area (Å²) in [5.74, 6) is 0.738. The molecule has 0 unspecified atom stereocenters. The Kier molecular flexibility index (Phi) is 5.26. The Hall–Kier alpha value is -2.89. The minimum Gasteiger partial charge on any atom is -0.497 e. The van der Waals surface area contributed by atoms with E-state index in [9.17, 15) is 4.79 Å². The van der Waals surface area contributed by atoms with Crippen LogP contribution in [0.2, 0.25) is 5.02 Å². The number of methoxy groups -OCH3 is 1. The molecule has 4 aromatic rings. The number of rotatable bonds is 5. The summed E-state index contributed by atoms with van der Waals surface area (Å²) in [6, 6.07) is 17.1. The van der Waals surface area contributed by atoms with E-state index in [1.165, 1.54) is 11.3 Å². The fourth-order valence-electron chi connectivity index (χ4n) is 3.24. The highest BCUT2D eigenvalue weighted by atomic mass is 35.5. The molecule has 2 heterocycles. The molecule has 0 saturated carbocycles. The Balaban J connectivity index is 1.70. The SMILES string of the molecule is COc1cccc(-c2ccc3c(N)c(C(=O)Cc4cccc(Cl)c4C)sc3n2)c1. The highest BCUT2D eigenvalue weighted by molar-refractivity contribution is 7.21. The Bertz CT molecular complexity index is 1230. The molecule has 2 N–H and O–H groups in total. The number of nitrogens with two attached hydrogens (primary N) is 1. The molecule has 0 fully saturated rings. The number of thiophene rings is 1. The van der Waals surface area contributed by atoms with Gasteiger partial charge in [-0.25, -0.2) is 4.98 Å². The van der Waals surface area contributed by atoms with Crippen molar-refractivity contribution in [2.45, 2.75) is 13.3 Å². The third-order valence-corrected chi connectivity index (χ3v) is 6.51. The van der Waals surface area contributed by atoms with Gasteiger partial charge in [0.2, 0.25) is 0 Å². The van der Waals surface area contributed by atoms with Crippen LogP contribution >= 0.6 is 22.9 Å². The topological polar surface area (TPSA) is 65.2 Å². The van der Waals surface area contributed by atoms with Crippen LogP contribution in [0.25, 0.3) is 21.5 Å². The first kappa shape index (κ1) is 19.4. The van der Waals surface area contributed by atoms with Crippen molar-refractivity contribution in [3.63, 3.8) is 0 Å². The molecular weight excluding hydrogens is 404 g/mol. The standard InChI is InChI=1S/C23H19ClN2O2S/c1-13-14(5-4-8-18(13)24)12-20(27)22-21(25)17-9-10-19(26-23(17)29-22)15-6-3-7-16(11-15)28-2/h3-11H,12,25H2,1-2H3. The largest absolute Gasteiger partial charge is 0.497 e. The molecule has 6 heteroatoms. The predicted molar refractivity (Wildman–Crippen MR) is 120 cm³/mol. The second kappa shape index (κ2) is 7.85. The summed E-state index contributed by atoms with van der Waals surface area (Å²) in [6.07, 6.45) is 0.256. The zero-order valence-electron chi connectivity index (χ0n) is 16.0. The number of ketones is 1. The van der Waals surface area contributed by atoms with E-state index in [0.717, 1.165) is 38.4 Å². The maximum atomic E-state index is 12.9. The summed E-state index contributed by atoms with van der Waals surface area (Å²) in [5, 5.41) is 1.46. The number of carbonyl (C=O) groups is 1. The van der Waals surface area contributed by atoms with Gasteiger partial charge in [0.1, 0.15) is 10.6 Å².